The Kier molecular flexibility index (Phi) is 11.7. The molecule has 3 amide bonds. The summed E-state index contributed by atoms with van der Waals surface area (Å²) in [5.41, 5.74) is 9.81. The Morgan fingerprint density at radius 1 is 1.08 bits per heavy atom. The van der Waals surface area contributed by atoms with E-state index >= 15 is 0 Å². The number of esters is 1. The number of cyclic esters (lactones) is 1. The van der Waals surface area contributed by atoms with Gasteiger partial charge in [-0.2, -0.15) is 0 Å². The minimum absolute atomic E-state index is 0.0300. The first-order chi connectivity index (χ1) is 29.5. The quantitative estimate of drug-likeness (QED) is 0.157. The summed E-state index contributed by atoms with van der Waals surface area (Å²) in [4.78, 5) is 63.3. The Morgan fingerprint density at radius 2 is 1.87 bits per heavy atom. The molecule has 2 aromatic heterocycles. The van der Waals surface area contributed by atoms with Gasteiger partial charge in [0.1, 0.15) is 23.9 Å². The number of nitrogens with zero attached hydrogens (tertiary/aromatic N) is 4. The highest BCUT2D eigenvalue weighted by Gasteiger charge is 2.64. The summed E-state index contributed by atoms with van der Waals surface area (Å²) in [6.45, 7) is 17.1. The van der Waals surface area contributed by atoms with E-state index in [0.29, 0.717) is 44.5 Å². The molecule has 0 spiro atoms. The highest BCUT2D eigenvalue weighted by Crippen LogP contribution is 2.56. The molecular formula is C49H63N7O6. The maximum atomic E-state index is 14.7. The number of hydrazine groups is 1. The molecule has 8 rings (SSSR count). The minimum atomic E-state index is -1.09. The first kappa shape index (κ1) is 43.4. The number of benzene rings is 2. The number of hydrogen-bond donors (Lipinski definition) is 4. The number of likely N-dealkylation sites (N-methyl/N-ethyl adjacent to an activating group) is 1. The van der Waals surface area contributed by atoms with E-state index in [1.807, 2.05) is 32.2 Å². The highest BCUT2D eigenvalue weighted by atomic mass is 16.5. The fraction of sp³-hybridized carbons (Fsp3) is 0.531. The predicted octanol–water partition coefficient (Wildman–Crippen LogP) is 5.96. The number of piperidine rings is 1. The number of ether oxygens (including phenoxy) is 1. The number of fused-ring (bicyclic) bond motifs is 7. The van der Waals surface area contributed by atoms with Crippen molar-refractivity contribution in [3.05, 3.63) is 71.5 Å². The van der Waals surface area contributed by atoms with Crippen LogP contribution in [-0.4, -0.2) is 99.7 Å². The fourth-order valence-corrected chi connectivity index (χ4v) is 10.4. The van der Waals surface area contributed by atoms with E-state index < -0.39 is 46.7 Å². The first-order valence-corrected chi connectivity index (χ1v) is 22.5. The molecule has 62 heavy (non-hydrogen) atoms. The van der Waals surface area contributed by atoms with Gasteiger partial charge < -0.3 is 29.9 Å². The Bertz CT molecular complexity index is 2400. The maximum Gasteiger partial charge on any atom is 0.324 e. The molecule has 3 fully saturated rings. The van der Waals surface area contributed by atoms with E-state index in [-0.39, 0.29) is 42.4 Å². The molecule has 13 nitrogen and oxygen atoms in total. The first-order valence-electron chi connectivity index (χ1n) is 22.5. The van der Waals surface area contributed by atoms with Crippen molar-refractivity contribution in [1.82, 2.24) is 35.5 Å². The Labute approximate surface area is 364 Å². The van der Waals surface area contributed by atoms with Crippen molar-refractivity contribution < 1.29 is 29.0 Å². The van der Waals surface area contributed by atoms with Gasteiger partial charge in [0.05, 0.1) is 23.4 Å². The van der Waals surface area contributed by atoms with Gasteiger partial charge in [0.2, 0.25) is 11.8 Å². The maximum absolute atomic E-state index is 14.7. The zero-order chi connectivity index (χ0) is 44.2. The van der Waals surface area contributed by atoms with Crippen LogP contribution in [0.4, 0.5) is 0 Å². The number of phenolic OH excluding ortho intramolecular Hbond substituents is 1. The molecule has 4 aliphatic rings. The number of pyridine rings is 1. The van der Waals surface area contributed by atoms with Crippen LogP contribution in [0.2, 0.25) is 0 Å². The van der Waals surface area contributed by atoms with Crippen LogP contribution in [0.25, 0.3) is 33.3 Å². The molecule has 330 valence electrons. The number of aromatic nitrogens is 2. The van der Waals surface area contributed by atoms with Gasteiger partial charge in [0, 0.05) is 61.2 Å². The molecule has 2 aromatic carbocycles. The number of phenols is 1. The largest absolute Gasteiger partial charge is 0.508 e. The topological polar surface area (TPSA) is 158 Å². The van der Waals surface area contributed by atoms with Crippen LogP contribution in [0, 0.1) is 22.7 Å². The molecule has 0 radical (unpaired) electrons. The summed E-state index contributed by atoms with van der Waals surface area (Å²) in [6.07, 6.45) is 4.32. The van der Waals surface area contributed by atoms with Crippen LogP contribution >= 0.6 is 0 Å². The summed E-state index contributed by atoms with van der Waals surface area (Å²) < 4.78 is 8.46. The predicted molar refractivity (Wildman–Crippen MR) is 239 cm³/mol. The van der Waals surface area contributed by atoms with Crippen LogP contribution in [0.5, 0.6) is 5.75 Å². The van der Waals surface area contributed by atoms with Crippen molar-refractivity contribution in [2.24, 2.45) is 22.7 Å². The van der Waals surface area contributed by atoms with Crippen molar-refractivity contribution in [2.45, 2.75) is 111 Å². The van der Waals surface area contributed by atoms with Gasteiger partial charge in [-0.3, -0.25) is 29.2 Å². The lowest BCUT2D eigenvalue weighted by Gasteiger charge is -2.37. The number of nitrogens with one attached hydrogen (secondary N) is 3. The summed E-state index contributed by atoms with van der Waals surface area (Å²) in [6, 6.07) is 13.1. The smallest absolute Gasteiger partial charge is 0.324 e. The van der Waals surface area contributed by atoms with E-state index in [0.717, 1.165) is 57.5 Å². The summed E-state index contributed by atoms with van der Waals surface area (Å²) >= 11 is 0. The second kappa shape index (κ2) is 16.8. The highest BCUT2D eigenvalue weighted by molar-refractivity contribution is 5.96. The number of rotatable bonds is 8. The lowest BCUT2D eigenvalue weighted by molar-refractivity contribution is -0.155. The third-order valence-corrected chi connectivity index (χ3v) is 13.6. The molecule has 2 saturated heterocycles. The number of aromatic hydroxyl groups is 1. The number of carbonyl (C=O) groups excluding carboxylic acids is 4. The summed E-state index contributed by atoms with van der Waals surface area (Å²) in [5, 5.41) is 20.2. The normalized spacial score (nSPS) is 24.1. The lowest BCUT2D eigenvalue weighted by atomic mass is 9.83. The molecule has 1 saturated carbocycles. The lowest BCUT2D eigenvalue weighted by Crippen LogP contribution is -2.62. The van der Waals surface area contributed by atoms with E-state index in [2.05, 4.69) is 79.5 Å². The van der Waals surface area contributed by atoms with E-state index in [4.69, 9.17) is 9.72 Å². The van der Waals surface area contributed by atoms with Crippen molar-refractivity contribution in [1.29, 1.82) is 0 Å². The SMILES string of the molecule is CCn1c(-c2cccnc2C(C)C)c2c3cc(ccc31)-c1cc(O)cc(c1)C[C@H](NC(=O)[C@H](C(C)C)N(C)C(=O)[C@]13CNCC1C3)C(=O)N1CCC[C@H](N1)C(=O)OCC(C)(C)C2. The van der Waals surface area contributed by atoms with Crippen LogP contribution in [0.3, 0.4) is 0 Å². The Morgan fingerprint density at radius 3 is 2.56 bits per heavy atom. The van der Waals surface area contributed by atoms with Crippen molar-refractivity contribution in [2.75, 3.05) is 33.3 Å². The van der Waals surface area contributed by atoms with E-state index in [1.54, 1.807) is 24.1 Å². The van der Waals surface area contributed by atoms with Gasteiger partial charge in [-0.1, -0.05) is 53.7 Å². The number of aryl methyl sites for hydroxylation is 1. The summed E-state index contributed by atoms with van der Waals surface area (Å²) in [7, 11) is 1.69. The van der Waals surface area contributed by atoms with Gasteiger partial charge in [-0.25, -0.2) is 5.43 Å². The number of amides is 3. The summed E-state index contributed by atoms with van der Waals surface area (Å²) in [5.74, 6) is -1.12. The van der Waals surface area contributed by atoms with Crippen LogP contribution in [0.15, 0.2) is 54.7 Å². The van der Waals surface area contributed by atoms with Gasteiger partial charge in [-0.15, -0.1) is 0 Å². The molecule has 5 atom stereocenters. The monoisotopic (exact) mass is 845 g/mol. The molecule has 4 aromatic rings. The molecule has 1 unspecified atom stereocenters. The van der Waals surface area contributed by atoms with Crippen LogP contribution < -0.4 is 16.1 Å². The molecular weight excluding hydrogens is 783 g/mol. The van der Waals surface area contributed by atoms with Crippen LogP contribution in [-0.2, 0) is 43.3 Å². The number of carbonyl (C=O) groups is 4. The third-order valence-electron chi connectivity index (χ3n) is 13.6. The second-order valence-electron chi connectivity index (χ2n) is 19.6. The van der Waals surface area contributed by atoms with Crippen LogP contribution in [0.1, 0.15) is 90.5 Å². The van der Waals surface area contributed by atoms with Gasteiger partial charge in [0.15, 0.2) is 0 Å². The second-order valence-corrected chi connectivity index (χ2v) is 19.6. The van der Waals surface area contributed by atoms with Crippen molar-refractivity contribution in [3.63, 3.8) is 0 Å². The van der Waals surface area contributed by atoms with Gasteiger partial charge >= 0.3 is 5.97 Å². The molecule has 5 heterocycles. The standard InChI is InChI=1S/C49H63N7O6/c1-9-55-40-15-14-31-22-36(40)37(43(55)35-12-10-16-51-41(35)28(2)3)24-48(6,7)27-62-46(60)38-13-11-17-56(53-38)45(59)39(20-30-18-32(31)21-34(57)19-30)52-44(58)42(29(4)5)54(8)47(61)49-23-33(49)25-50-26-49/h10,12,14-16,18-19,21-22,28-29,33,38-39,42,50,53,57H,9,11,13,17,20,23-27H2,1-8H3,(H,52,58)/t33?,38-,39-,42-,49+/m0/s1. The number of hydrogen-bond acceptors (Lipinski definition) is 9. The van der Waals surface area contributed by atoms with Gasteiger partial charge in [-0.05, 0) is 116 Å². The molecule has 4 N–H and O–H groups in total. The fourth-order valence-electron chi connectivity index (χ4n) is 10.4. The molecule has 3 aliphatic heterocycles. The van der Waals surface area contributed by atoms with Crippen molar-refractivity contribution in [3.8, 4) is 28.1 Å². The van der Waals surface area contributed by atoms with E-state index in [1.165, 1.54) is 5.01 Å². The van der Waals surface area contributed by atoms with Gasteiger partial charge in [0.25, 0.3) is 5.91 Å². The van der Waals surface area contributed by atoms with E-state index in [9.17, 15) is 24.3 Å². The Hall–Kier alpha value is -5.27. The zero-order valence-electron chi connectivity index (χ0n) is 37.5. The third kappa shape index (κ3) is 8.09. The zero-order valence-corrected chi connectivity index (χ0v) is 37.5. The Balaban J connectivity index is 1.22. The average molecular weight is 846 g/mol. The minimum Gasteiger partial charge on any atom is -0.508 e. The molecule has 6 bridgehead atoms. The average Bonchev–Trinajstić information content (AvgIpc) is 3.66. The molecule has 13 heteroatoms. The molecule has 1 aliphatic carbocycles. The van der Waals surface area contributed by atoms with Crippen molar-refractivity contribution >= 4 is 34.6 Å².